The minimum atomic E-state index is -3.70. The van der Waals surface area contributed by atoms with Crippen molar-refractivity contribution in [3.63, 3.8) is 0 Å². The Bertz CT molecular complexity index is 845. The summed E-state index contributed by atoms with van der Waals surface area (Å²) < 4.78 is 25.0. The number of sulfonamides is 1. The van der Waals surface area contributed by atoms with E-state index in [0.29, 0.717) is 11.3 Å². The van der Waals surface area contributed by atoms with Gasteiger partial charge in [-0.05, 0) is 49.7 Å². The van der Waals surface area contributed by atoms with Crippen molar-refractivity contribution >= 4 is 21.6 Å². The minimum Gasteiger partial charge on any atom is -0.322 e. The quantitative estimate of drug-likeness (QED) is 0.843. The lowest BCUT2D eigenvalue weighted by atomic mass is 10.1. The van der Waals surface area contributed by atoms with Gasteiger partial charge >= 0.3 is 0 Å². The number of carbonyl (C=O) groups excluding carboxylic acids is 1. The van der Waals surface area contributed by atoms with Crippen LogP contribution in [0.1, 0.15) is 21.5 Å². The number of aryl methyl sites for hydroxylation is 2. The molecule has 0 spiro atoms. The van der Waals surface area contributed by atoms with E-state index in [1.54, 1.807) is 6.07 Å². The maximum absolute atomic E-state index is 12.3. The van der Waals surface area contributed by atoms with E-state index in [1.807, 2.05) is 26.0 Å². The lowest BCUT2D eigenvalue weighted by molar-refractivity contribution is -0.0258. The standard InChI is InChI=1S/C17H20N2O4S/c1-12-5-10-16(13(2)11-12)17(20)18-14-6-8-15(9-7-14)24(21,22)19(3)23-4/h5-11H,1-4H3,(H,18,20). The van der Waals surface area contributed by atoms with E-state index in [4.69, 9.17) is 4.84 Å². The van der Waals surface area contributed by atoms with Crippen LogP contribution in [0.3, 0.4) is 0 Å². The molecule has 0 saturated heterocycles. The van der Waals surface area contributed by atoms with Crippen molar-refractivity contribution in [3.8, 4) is 0 Å². The number of nitrogens with zero attached hydrogens (tertiary/aromatic N) is 1. The van der Waals surface area contributed by atoms with Crippen molar-refractivity contribution in [1.29, 1.82) is 0 Å². The summed E-state index contributed by atoms with van der Waals surface area (Å²) in [5.41, 5.74) is 3.06. The number of hydroxylamine groups is 1. The predicted molar refractivity (Wildman–Crippen MR) is 92.3 cm³/mol. The molecule has 2 aromatic rings. The number of benzene rings is 2. The third-order valence-corrected chi connectivity index (χ3v) is 5.33. The van der Waals surface area contributed by atoms with Crippen molar-refractivity contribution in [1.82, 2.24) is 4.47 Å². The molecule has 0 fully saturated rings. The first kappa shape index (κ1) is 18.1. The highest BCUT2D eigenvalue weighted by molar-refractivity contribution is 7.89. The van der Waals surface area contributed by atoms with Crippen LogP contribution in [0.2, 0.25) is 0 Å². The second kappa shape index (κ2) is 7.12. The number of rotatable bonds is 5. The Morgan fingerprint density at radius 2 is 1.71 bits per heavy atom. The summed E-state index contributed by atoms with van der Waals surface area (Å²) in [5.74, 6) is -0.239. The van der Waals surface area contributed by atoms with Gasteiger partial charge in [0.25, 0.3) is 15.9 Å². The Labute approximate surface area is 142 Å². The number of amides is 1. The van der Waals surface area contributed by atoms with Gasteiger partial charge in [-0.1, -0.05) is 22.2 Å². The van der Waals surface area contributed by atoms with Crippen LogP contribution in [0.5, 0.6) is 0 Å². The molecule has 6 nitrogen and oxygen atoms in total. The van der Waals surface area contributed by atoms with Crippen molar-refractivity contribution in [2.45, 2.75) is 18.7 Å². The van der Waals surface area contributed by atoms with Crippen LogP contribution in [0, 0.1) is 13.8 Å². The summed E-state index contributed by atoms with van der Waals surface area (Å²) in [6.07, 6.45) is 0. The normalized spacial score (nSPS) is 11.5. The fraction of sp³-hybridized carbons (Fsp3) is 0.235. The summed E-state index contributed by atoms with van der Waals surface area (Å²) in [6, 6.07) is 11.5. The topological polar surface area (TPSA) is 75.7 Å². The minimum absolute atomic E-state index is 0.0800. The maximum atomic E-state index is 12.3. The molecule has 0 aliphatic heterocycles. The zero-order valence-electron chi connectivity index (χ0n) is 14.0. The van der Waals surface area contributed by atoms with E-state index in [9.17, 15) is 13.2 Å². The van der Waals surface area contributed by atoms with Crippen LogP contribution in [0.25, 0.3) is 0 Å². The molecular formula is C17H20N2O4S. The zero-order chi connectivity index (χ0) is 17.9. The fourth-order valence-electron chi connectivity index (χ4n) is 2.22. The van der Waals surface area contributed by atoms with Crippen molar-refractivity contribution < 1.29 is 18.0 Å². The van der Waals surface area contributed by atoms with E-state index < -0.39 is 10.0 Å². The van der Waals surface area contributed by atoms with Crippen LogP contribution in [-0.4, -0.2) is 33.0 Å². The van der Waals surface area contributed by atoms with Gasteiger partial charge < -0.3 is 5.32 Å². The van der Waals surface area contributed by atoms with Gasteiger partial charge in [0.1, 0.15) is 0 Å². The third-order valence-electron chi connectivity index (χ3n) is 3.63. The predicted octanol–water partition coefficient (Wildman–Crippen LogP) is 2.74. The lowest BCUT2D eigenvalue weighted by Gasteiger charge is -2.14. The van der Waals surface area contributed by atoms with E-state index in [1.165, 1.54) is 38.4 Å². The molecule has 0 radical (unpaired) electrons. The second-order valence-corrected chi connectivity index (χ2v) is 7.33. The Kier molecular flexibility index (Phi) is 5.38. The molecule has 0 bridgehead atoms. The Morgan fingerprint density at radius 1 is 1.08 bits per heavy atom. The molecule has 24 heavy (non-hydrogen) atoms. The van der Waals surface area contributed by atoms with Gasteiger partial charge in [-0.25, -0.2) is 8.42 Å². The number of carbonyl (C=O) groups is 1. The summed E-state index contributed by atoms with van der Waals surface area (Å²) >= 11 is 0. The van der Waals surface area contributed by atoms with Crippen LogP contribution in [0.4, 0.5) is 5.69 Å². The summed E-state index contributed by atoms with van der Waals surface area (Å²) in [5, 5.41) is 2.76. The van der Waals surface area contributed by atoms with Crippen LogP contribution in [0.15, 0.2) is 47.4 Å². The third kappa shape index (κ3) is 3.81. The molecule has 0 heterocycles. The Morgan fingerprint density at radius 3 is 2.25 bits per heavy atom. The zero-order valence-corrected chi connectivity index (χ0v) is 14.8. The van der Waals surface area contributed by atoms with Gasteiger partial charge in [0.05, 0.1) is 12.0 Å². The summed E-state index contributed by atoms with van der Waals surface area (Å²) in [7, 11) is -1.11. The van der Waals surface area contributed by atoms with Crippen LogP contribution in [-0.2, 0) is 14.9 Å². The number of hydrogen-bond acceptors (Lipinski definition) is 4. The molecule has 0 aromatic heterocycles. The molecule has 1 N–H and O–H groups in total. The Hall–Kier alpha value is -2.22. The largest absolute Gasteiger partial charge is 0.322 e. The number of nitrogens with one attached hydrogen (secondary N) is 1. The first-order valence-electron chi connectivity index (χ1n) is 7.27. The molecule has 7 heteroatoms. The van der Waals surface area contributed by atoms with E-state index in [0.717, 1.165) is 15.6 Å². The first-order chi connectivity index (χ1) is 11.3. The van der Waals surface area contributed by atoms with Crippen molar-refractivity contribution in [3.05, 3.63) is 59.2 Å². The fourth-order valence-corrected chi connectivity index (χ4v) is 3.20. The molecule has 2 rings (SSSR count). The summed E-state index contributed by atoms with van der Waals surface area (Å²) in [6.45, 7) is 3.84. The second-order valence-electron chi connectivity index (χ2n) is 5.39. The molecule has 0 aliphatic rings. The molecule has 0 saturated carbocycles. The first-order valence-corrected chi connectivity index (χ1v) is 8.71. The van der Waals surface area contributed by atoms with Gasteiger partial charge in [-0.15, -0.1) is 0 Å². The molecule has 0 atom stereocenters. The Balaban J connectivity index is 2.19. The number of hydrogen-bond donors (Lipinski definition) is 1. The monoisotopic (exact) mass is 348 g/mol. The highest BCUT2D eigenvalue weighted by atomic mass is 32.2. The molecule has 0 aliphatic carbocycles. The molecule has 2 aromatic carbocycles. The van der Waals surface area contributed by atoms with Crippen molar-refractivity contribution in [2.24, 2.45) is 0 Å². The lowest BCUT2D eigenvalue weighted by Crippen LogP contribution is -2.25. The highest BCUT2D eigenvalue weighted by Gasteiger charge is 2.20. The van der Waals surface area contributed by atoms with E-state index in [-0.39, 0.29) is 10.8 Å². The average Bonchev–Trinajstić information content (AvgIpc) is 2.54. The summed E-state index contributed by atoms with van der Waals surface area (Å²) in [4.78, 5) is 17.1. The molecule has 0 unspecified atom stereocenters. The average molecular weight is 348 g/mol. The van der Waals surface area contributed by atoms with Crippen LogP contribution < -0.4 is 5.32 Å². The van der Waals surface area contributed by atoms with E-state index in [2.05, 4.69) is 5.32 Å². The van der Waals surface area contributed by atoms with Gasteiger partial charge in [0, 0.05) is 18.3 Å². The SMILES string of the molecule is CON(C)S(=O)(=O)c1ccc(NC(=O)c2ccc(C)cc2C)cc1. The van der Waals surface area contributed by atoms with Crippen molar-refractivity contribution in [2.75, 3.05) is 19.5 Å². The van der Waals surface area contributed by atoms with Gasteiger partial charge in [-0.2, -0.15) is 0 Å². The van der Waals surface area contributed by atoms with Crippen LogP contribution >= 0.6 is 0 Å². The molecule has 128 valence electrons. The van der Waals surface area contributed by atoms with Gasteiger partial charge in [-0.3, -0.25) is 9.63 Å². The molecular weight excluding hydrogens is 328 g/mol. The van der Waals surface area contributed by atoms with Gasteiger partial charge in [0.15, 0.2) is 0 Å². The maximum Gasteiger partial charge on any atom is 0.264 e. The van der Waals surface area contributed by atoms with E-state index >= 15 is 0 Å². The smallest absolute Gasteiger partial charge is 0.264 e. The highest BCUT2D eigenvalue weighted by Crippen LogP contribution is 2.19. The van der Waals surface area contributed by atoms with Gasteiger partial charge in [0.2, 0.25) is 0 Å². The molecule has 1 amide bonds. The number of anilines is 1.